The van der Waals surface area contributed by atoms with Crippen LogP contribution in [0, 0.1) is 0 Å². The highest BCUT2D eigenvalue weighted by molar-refractivity contribution is 6.31. The number of carbonyl (C=O) groups excluding carboxylic acids is 1. The summed E-state index contributed by atoms with van der Waals surface area (Å²) in [6, 6.07) is 4.81. The summed E-state index contributed by atoms with van der Waals surface area (Å²) in [6.07, 6.45) is 1.15. The quantitative estimate of drug-likeness (QED) is 0.838. The Kier molecular flexibility index (Phi) is 5.45. The van der Waals surface area contributed by atoms with Crippen LogP contribution in [0.1, 0.15) is 20.3 Å². The molecule has 1 aromatic rings. The molecule has 0 bridgehead atoms. The van der Waals surface area contributed by atoms with Gasteiger partial charge in [-0.25, -0.2) is 0 Å². The number of hydrogen-bond donors (Lipinski definition) is 2. The average molecular weight is 312 g/mol. The van der Waals surface area contributed by atoms with E-state index in [2.05, 4.69) is 17.1 Å². The van der Waals surface area contributed by atoms with Crippen LogP contribution in [0.25, 0.3) is 0 Å². The van der Waals surface area contributed by atoms with E-state index in [9.17, 15) is 4.79 Å². The summed E-state index contributed by atoms with van der Waals surface area (Å²) in [6.45, 7) is 6.18. The van der Waals surface area contributed by atoms with E-state index in [4.69, 9.17) is 22.1 Å². The van der Waals surface area contributed by atoms with E-state index in [1.807, 2.05) is 6.92 Å². The van der Waals surface area contributed by atoms with E-state index >= 15 is 0 Å². The Morgan fingerprint density at radius 2 is 2.38 bits per heavy atom. The number of amides is 1. The fourth-order valence-electron chi connectivity index (χ4n) is 2.38. The number of benzene rings is 1. The van der Waals surface area contributed by atoms with E-state index in [-0.39, 0.29) is 18.1 Å². The summed E-state index contributed by atoms with van der Waals surface area (Å²) in [4.78, 5) is 14.5. The summed E-state index contributed by atoms with van der Waals surface area (Å²) >= 11 is 5.93. The van der Waals surface area contributed by atoms with Crippen LogP contribution in [0.5, 0.6) is 0 Å². The second-order valence-electron chi connectivity index (χ2n) is 5.29. The SMILES string of the molecule is CCC1CN(C(C)C(=O)Nc2cc(Cl)ccc2N)CCO1. The van der Waals surface area contributed by atoms with Crippen LogP contribution >= 0.6 is 11.6 Å². The summed E-state index contributed by atoms with van der Waals surface area (Å²) in [7, 11) is 0. The largest absolute Gasteiger partial charge is 0.397 e. The highest BCUT2D eigenvalue weighted by Crippen LogP contribution is 2.23. The fourth-order valence-corrected chi connectivity index (χ4v) is 2.55. The third-order valence-corrected chi connectivity index (χ3v) is 4.06. The smallest absolute Gasteiger partial charge is 0.241 e. The van der Waals surface area contributed by atoms with E-state index < -0.39 is 0 Å². The minimum atomic E-state index is -0.235. The molecule has 0 saturated carbocycles. The van der Waals surface area contributed by atoms with Crippen LogP contribution in [0.15, 0.2) is 18.2 Å². The minimum absolute atomic E-state index is 0.0827. The van der Waals surface area contributed by atoms with Crippen LogP contribution in [0.3, 0.4) is 0 Å². The second kappa shape index (κ2) is 7.11. The maximum atomic E-state index is 12.4. The lowest BCUT2D eigenvalue weighted by Crippen LogP contribution is -2.50. The third-order valence-electron chi connectivity index (χ3n) is 3.83. The van der Waals surface area contributed by atoms with Gasteiger partial charge in [-0.3, -0.25) is 9.69 Å². The van der Waals surface area contributed by atoms with Crippen LogP contribution in [0.4, 0.5) is 11.4 Å². The molecule has 2 atom stereocenters. The van der Waals surface area contributed by atoms with Crippen LogP contribution in [-0.2, 0) is 9.53 Å². The minimum Gasteiger partial charge on any atom is -0.397 e. The first-order chi connectivity index (χ1) is 10.0. The third kappa shape index (κ3) is 4.09. The molecule has 1 aliphatic heterocycles. The number of nitrogens with two attached hydrogens (primary N) is 1. The predicted molar refractivity (Wildman–Crippen MR) is 85.6 cm³/mol. The normalized spacial score (nSPS) is 21.0. The molecule has 2 rings (SSSR count). The van der Waals surface area contributed by atoms with Gasteiger partial charge in [-0.05, 0) is 31.5 Å². The highest BCUT2D eigenvalue weighted by atomic mass is 35.5. The van der Waals surface area contributed by atoms with E-state index in [1.54, 1.807) is 18.2 Å². The van der Waals surface area contributed by atoms with Crippen molar-refractivity contribution in [2.75, 3.05) is 30.7 Å². The van der Waals surface area contributed by atoms with E-state index in [0.717, 1.165) is 19.5 Å². The van der Waals surface area contributed by atoms with E-state index in [1.165, 1.54) is 0 Å². The zero-order valence-corrected chi connectivity index (χ0v) is 13.2. The molecule has 5 nitrogen and oxygen atoms in total. The van der Waals surface area contributed by atoms with Gasteiger partial charge in [-0.2, -0.15) is 0 Å². The molecular weight excluding hydrogens is 290 g/mol. The molecule has 1 aliphatic rings. The van der Waals surface area contributed by atoms with Gasteiger partial charge in [0.25, 0.3) is 0 Å². The van der Waals surface area contributed by atoms with Crippen molar-refractivity contribution in [3.05, 3.63) is 23.2 Å². The molecule has 1 heterocycles. The average Bonchev–Trinajstić information content (AvgIpc) is 2.50. The van der Waals surface area contributed by atoms with Crippen LogP contribution in [0.2, 0.25) is 5.02 Å². The Hall–Kier alpha value is -1.30. The van der Waals surface area contributed by atoms with Crippen molar-refractivity contribution in [2.24, 2.45) is 0 Å². The summed E-state index contributed by atoms with van der Waals surface area (Å²) in [5.41, 5.74) is 6.92. The fraction of sp³-hybridized carbons (Fsp3) is 0.533. The molecule has 2 unspecified atom stereocenters. The molecule has 1 aromatic carbocycles. The number of nitrogen functional groups attached to an aromatic ring is 1. The van der Waals surface area contributed by atoms with E-state index in [0.29, 0.717) is 23.0 Å². The van der Waals surface area contributed by atoms with Gasteiger partial charge in [0.2, 0.25) is 5.91 Å². The van der Waals surface area contributed by atoms with Gasteiger partial charge in [-0.15, -0.1) is 0 Å². The van der Waals surface area contributed by atoms with Gasteiger partial charge >= 0.3 is 0 Å². The zero-order chi connectivity index (χ0) is 15.4. The Bertz CT molecular complexity index is 510. The zero-order valence-electron chi connectivity index (χ0n) is 12.4. The first-order valence-corrected chi connectivity index (χ1v) is 7.60. The lowest BCUT2D eigenvalue weighted by molar-refractivity contribution is -0.124. The number of carbonyl (C=O) groups is 1. The van der Waals surface area contributed by atoms with Crippen molar-refractivity contribution in [3.63, 3.8) is 0 Å². The summed E-state index contributed by atoms with van der Waals surface area (Å²) in [5.74, 6) is -0.0827. The number of halogens is 1. The standard InChI is InChI=1S/C15H22ClN3O2/c1-3-12-9-19(6-7-21-12)10(2)15(20)18-14-8-11(16)4-5-13(14)17/h4-5,8,10,12H,3,6-7,9,17H2,1-2H3,(H,18,20). The molecule has 1 fully saturated rings. The van der Waals surface area contributed by atoms with Crippen molar-refractivity contribution in [1.29, 1.82) is 0 Å². The highest BCUT2D eigenvalue weighted by Gasteiger charge is 2.27. The Morgan fingerprint density at radius 1 is 1.62 bits per heavy atom. The predicted octanol–water partition coefficient (Wildman–Crippen LogP) is 2.36. The number of nitrogens with one attached hydrogen (secondary N) is 1. The monoisotopic (exact) mass is 311 g/mol. The second-order valence-corrected chi connectivity index (χ2v) is 5.73. The van der Waals surface area contributed by atoms with Crippen LogP contribution < -0.4 is 11.1 Å². The maximum absolute atomic E-state index is 12.4. The molecule has 0 radical (unpaired) electrons. The maximum Gasteiger partial charge on any atom is 0.241 e. The number of rotatable bonds is 4. The molecular formula is C15H22ClN3O2. The lowest BCUT2D eigenvalue weighted by Gasteiger charge is -2.35. The number of hydrogen-bond acceptors (Lipinski definition) is 4. The first kappa shape index (κ1) is 16.1. The van der Waals surface area contributed by atoms with Crippen LogP contribution in [-0.4, -0.2) is 42.6 Å². The molecule has 116 valence electrons. The lowest BCUT2D eigenvalue weighted by atomic mass is 10.1. The van der Waals surface area contributed by atoms with Crippen molar-refractivity contribution in [2.45, 2.75) is 32.4 Å². The molecule has 1 saturated heterocycles. The molecule has 1 amide bonds. The van der Waals surface area contributed by atoms with Gasteiger partial charge in [0.1, 0.15) is 0 Å². The number of morpholine rings is 1. The number of ether oxygens (including phenoxy) is 1. The summed E-state index contributed by atoms with van der Waals surface area (Å²) in [5, 5.41) is 3.40. The molecule has 6 heteroatoms. The van der Waals surface area contributed by atoms with Crippen molar-refractivity contribution in [1.82, 2.24) is 4.90 Å². The van der Waals surface area contributed by atoms with Gasteiger partial charge in [-0.1, -0.05) is 18.5 Å². The Morgan fingerprint density at radius 3 is 3.10 bits per heavy atom. The molecule has 0 aromatic heterocycles. The van der Waals surface area contributed by atoms with Gasteiger partial charge in [0.05, 0.1) is 30.1 Å². The van der Waals surface area contributed by atoms with Crippen molar-refractivity contribution < 1.29 is 9.53 Å². The van der Waals surface area contributed by atoms with Gasteiger partial charge in [0, 0.05) is 18.1 Å². The molecule has 3 N–H and O–H groups in total. The first-order valence-electron chi connectivity index (χ1n) is 7.22. The topological polar surface area (TPSA) is 67.6 Å². The van der Waals surface area contributed by atoms with Crippen molar-refractivity contribution >= 4 is 28.9 Å². The van der Waals surface area contributed by atoms with Gasteiger partial charge < -0.3 is 15.8 Å². The van der Waals surface area contributed by atoms with Gasteiger partial charge in [0.15, 0.2) is 0 Å². The molecule has 0 aliphatic carbocycles. The van der Waals surface area contributed by atoms with Crippen molar-refractivity contribution in [3.8, 4) is 0 Å². The Labute approximate surface area is 130 Å². The number of nitrogens with zero attached hydrogens (tertiary/aromatic N) is 1. The molecule has 0 spiro atoms. The number of anilines is 2. The molecule has 21 heavy (non-hydrogen) atoms. The summed E-state index contributed by atoms with van der Waals surface area (Å²) < 4.78 is 5.63. The Balaban J connectivity index is 2.00.